The zero-order valence-electron chi connectivity index (χ0n) is 24.7. The molecule has 0 bridgehead atoms. The number of carbonyl (C=O) groups is 1. The monoisotopic (exact) mass is 666 g/mol. The Kier molecular flexibility index (Phi) is 8.57. The predicted octanol–water partition coefficient (Wildman–Crippen LogP) is 4.21. The number of piperidine rings is 1. The van der Waals surface area contributed by atoms with Gasteiger partial charge in [-0.15, -0.1) is 13.2 Å². The van der Waals surface area contributed by atoms with Crippen molar-refractivity contribution in [3.8, 4) is 0 Å². The standard InChI is InChI=1S/C28H30ClF3N8O4S/c1-15-13-18(16(2)33-21-5-6-22(29)34-24(21)25(41)37-45(4,43)44)23-19(14-15)26(42)38(3)27(35-23)39-10-7-17(8-11-39)20-9-12-40(36-20)28(30,31)32/h5-6,9,12-14,16-17,33H,7-8,10-11H2,1-4H3,(H,37,41)/t16-/m1/s1. The zero-order chi connectivity index (χ0) is 32.8. The number of aryl methyl sites for hydroxylation is 1. The van der Waals surface area contributed by atoms with Crippen LogP contribution in [0.3, 0.4) is 0 Å². The van der Waals surface area contributed by atoms with E-state index in [2.05, 4.69) is 15.4 Å². The molecule has 45 heavy (non-hydrogen) atoms. The van der Waals surface area contributed by atoms with Crippen molar-refractivity contribution in [1.29, 1.82) is 0 Å². The van der Waals surface area contributed by atoms with Gasteiger partial charge >= 0.3 is 6.30 Å². The Balaban J connectivity index is 1.46. The molecule has 3 aromatic heterocycles. The maximum Gasteiger partial charge on any atom is 0.504 e. The molecule has 1 aromatic carbocycles. The first kappa shape index (κ1) is 32.2. The van der Waals surface area contributed by atoms with Crippen LogP contribution >= 0.6 is 11.6 Å². The maximum absolute atomic E-state index is 13.6. The lowest BCUT2D eigenvalue weighted by molar-refractivity contribution is -0.212. The van der Waals surface area contributed by atoms with Crippen LogP contribution < -0.4 is 20.5 Å². The molecule has 0 radical (unpaired) electrons. The number of aromatic nitrogens is 5. The highest BCUT2D eigenvalue weighted by Gasteiger charge is 2.33. The molecule has 1 atom stereocenters. The second-order valence-electron chi connectivity index (χ2n) is 11.0. The SMILES string of the molecule is Cc1cc([C@@H](C)Nc2ccc(Cl)nc2C(=O)NS(C)(=O)=O)c2nc(N3CCC(c4ccn(C(F)(F)F)n4)CC3)n(C)c(=O)c2c1. The molecule has 1 saturated heterocycles. The van der Waals surface area contributed by atoms with E-state index in [1.807, 2.05) is 22.6 Å². The first-order valence-electron chi connectivity index (χ1n) is 13.9. The van der Waals surface area contributed by atoms with Gasteiger partial charge in [0, 0.05) is 37.8 Å². The third-order valence-electron chi connectivity index (χ3n) is 7.59. The average Bonchev–Trinajstić information content (AvgIpc) is 3.46. The zero-order valence-corrected chi connectivity index (χ0v) is 26.3. The Labute approximate surface area is 261 Å². The van der Waals surface area contributed by atoms with Crippen molar-refractivity contribution in [1.82, 2.24) is 29.0 Å². The number of hydrogen-bond acceptors (Lipinski definition) is 9. The summed E-state index contributed by atoms with van der Waals surface area (Å²) in [5.74, 6) is -0.732. The second kappa shape index (κ2) is 12.0. The average molecular weight is 667 g/mol. The van der Waals surface area contributed by atoms with Gasteiger partial charge in [0.15, 0.2) is 5.69 Å². The molecule has 1 fully saturated rings. The van der Waals surface area contributed by atoms with Crippen molar-refractivity contribution in [2.75, 3.05) is 29.6 Å². The molecular weight excluding hydrogens is 637 g/mol. The number of carbonyl (C=O) groups excluding carboxylic acids is 1. The van der Waals surface area contributed by atoms with Gasteiger partial charge in [0.05, 0.1) is 34.6 Å². The van der Waals surface area contributed by atoms with Crippen molar-refractivity contribution in [3.05, 3.63) is 74.6 Å². The third-order valence-corrected chi connectivity index (χ3v) is 8.36. The number of amides is 1. The Morgan fingerprint density at radius 1 is 1.13 bits per heavy atom. The Morgan fingerprint density at radius 3 is 2.44 bits per heavy atom. The molecule has 0 spiro atoms. The first-order valence-corrected chi connectivity index (χ1v) is 16.1. The van der Waals surface area contributed by atoms with Gasteiger partial charge in [0.1, 0.15) is 5.15 Å². The highest BCUT2D eigenvalue weighted by atomic mass is 35.5. The van der Waals surface area contributed by atoms with Crippen LogP contribution in [0.4, 0.5) is 24.8 Å². The van der Waals surface area contributed by atoms with Crippen molar-refractivity contribution in [3.63, 3.8) is 0 Å². The molecule has 1 aliphatic heterocycles. The largest absolute Gasteiger partial charge is 0.504 e. The van der Waals surface area contributed by atoms with Gasteiger partial charge in [0.2, 0.25) is 16.0 Å². The number of sulfonamides is 1. The van der Waals surface area contributed by atoms with E-state index in [9.17, 15) is 31.2 Å². The van der Waals surface area contributed by atoms with Gasteiger partial charge in [-0.05, 0) is 56.5 Å². The number of pyridine rings is 1. The molecule has 1 aliphatic rings. The topological polar surface area (TPSA) is 144 Å². The van der Waals surface area contributed by atoms with Crippen molar-refractivity contribution >= 4 is 50.1 Å². The summed E-state index contributed by atoms with van der Waals surface area (Å²) in [6.07, 6.45) is -1.79. The van der Waals surface area contributed by atoms with Crippen LogP contribution in [-0.2, 0) is 23.4 Å². The van der Waals surface area contributed by atoms with Gasteiger partial charge < -0.3 is 10.2 Å². The lowest BCUT2D eigenvalue weighted by atomic mass is 9.94. The van der Waals surface area contributed by atoms with Crippen LogP contribution in [0.5, 0.6) is 0 Å². The van der Waals surface area contributed by atoms with Gasteiger partial charge in [-0.1, -0.05) is 17.7 Å². The van der Waals surface area contributed by atoms with E-state index in [0.29, 0.717) is 54.0 Å². The van der Waals surface area contributed by atoms with Crippen molar-refractivity contribution < 1.29 is 26.4 Å². The first-order chi connectivity index (χ1) is 21.0. The molecule has 2 N–H and O–H groups in total. The molecule has 240 valence electrons. The molecule has 0 saturated carbocycles. The second-order valence-corrected chi connectivity index (χ2v) is 13.2. The summed E-state index contributed by atoms with van der Waals surface area (Å²) in [4.78, 5) is 37.2. The van der Waals surface area contributed by atoms with E-state index >= 15 is 0 Å². The molecule has 4 aromatic rings. The van der Waals surface area contributed by atoms with Crippen molar-refractivity contribution in [2.45, 2.75) is 44.9 Å². The minimum Gasteiger partial charge on any atom is -0.377 e. The van der Waals surface area contributed by atoms with Crippen LogP contribution in [-0.4, -0.2) is 58.0 Å². The summed E-state index contributed by atoms with van der Waals surface area (Å²) >= 11 is 6.00. The normalized spacial score (nSPS) is 15.3. The van der Waals surface area contributed by atoms with Crippen LogP contribution in [0.2, 0.25) is 5.15 Å². The fourth-order valence-electron chi connectivity index (χ4n) is 5.48. The van der Waals surface area contributed by atoms with E-state index in [0.717, 1.165) is 18.0 Å². The lowest BCUT2D eigenvalue weighted by Crippen LogP contribution is -2.38. The number of rotatable bonds is 7. The maximum atomic E-state index is 13.6. The Bertz CT molecular complexity index is 1950. The minimum absolute atomic E-state index is 0.00317. The Hall–Kier alpha value is -4.18. The molecule has 0 unspecified atom stereocenters. The summed E-state index contributed by atoms with van der Waals surface area (Å²) in [6.45, 7) is 4.52. The van der Waals surface area contributed by atoms with E-state index in [-0.39, 0.29) is 32.7 Å². The highest BCUT2D eigenvalue weighted by Crippen LogP contribution is 2.33. The predicted molar refractivity (Wildman–Crippen MR) is 163 cm³/mol. The van der Waals surface area contributed by atoms with Gasteiger partial charge in [-0.3, -0.25) is 14.2 Å². The Morgan fingerprint density at radius 2 is 1.82 bits per heavy atom. The van der Waals surface area contributed by atoms with E-state index in [1.54, 1.807) is 20.0 Å². The number of benzene rings is 1. The summed E-state index contributed by atoms with van der Waals surface area (Å²) in [5, 5.41) is 7.26. The summed E-state index contributed by atoms with van der Waals surface area (Å²) in [6, 6.07) is 7.39. The minimum atomic E-state index is -4.58. The molecule has 12 nitrogen and oxygen atoms in total. The number of anilines is 2. The van der Waals surface area contributed by atoms with Gasteiger partial charge in [0.25, 0.3) is 11.5 Å². The summed E-state index contributed by atoms with van der Waals surface area (Å²) < 4.78 is 65.8. The molecule has 5 rings (SSSR count). The molecular formula is C28H30ClF3N8O4S. The fraction of sp³-hybridized carbons (Fsp3) is 0.393. The highest BCUT2D eigenvalue weighted by molar-refractivity contribution is 7.89. The number of nitrogens with one attached hydrogen (secondary N) is 2. The van der Waals surface area contributed by atoms with E-state index < -0.39 is 28.3 Å². The van der Waals surface area contributed by atoms with Crippen molar-refractivity contribution in [2.24, 2.45) is 7.05 Å². The number of halogens is 4. The molecule has 0 aliphatic carbocycles. The van der Waals surface area contributed by atoms with E-state index in [1.165, 1.54) is 22.8 Å². The van der Waals surface area contributed by atoms with Crippen LogP contribution in [0, 0.1) is 6.92 Å². The molecule has 4 heterocycles. The molecule has 1 amide bonds. The van der Waals surface area contributed by atoms with Crippen LogP contribution in [0.15, 0.2) is 41.3 Å². The number of alkyl halides is 3. The summed E-state index contributed by atoms with van der Waals surface area (Å²) in [5.41, 5.74) is 1.92. The quantitative estimate of drug-likeness (QED) is 0.277. The third kappa shape index (κ3) is 6.91. The summed E-state index contributed by atoms with van der Waals surface area (Å²) in [7, 11) is -2.25. The van der Waals surface area contributed by atoms with Crippen LogP contribution in [0.25, 0.3) is 10.9 Å². The smallest absolute Gasteiger partial charge is 0.377 e. The van der Waals surface area contributed by atoms with E-state index in [4.69, 9.17) is 16.6 Å². The number of hydrogen-bond donors (Lipinski definition) is 2. The fourth-order valence-corrected chi connectivity index (χ4v) is 6.06. The van der Waals surface area contributed by atoms with Gasteiger partial charge in [-0.25, -0.2) is 23.1 Å². The lowest BCUT2D eigenvalue weighted by Gasteiger charge is -2.33. The number of fused-ring (bicyclic) bond motifs is 1. The number of nitrogens with zero attached hydrogens (tertiary/aromatic N) is 6. The molecule has 17 heteroatoms. The van der Waals surface area contributed by atoms with Gasteiger partial charge in [-0.2, -0.15) is 9.78 Å². The van der Waals surface area contributed by atoms with Crippen LogP contribution in [0.1, 0.15) is 59.0 Å².